The first-order valence-electron chi connectivity index (χ1n) is 5.77. The number of aliphatic hydroxyl groups is 1. The van der Waals surface area contributed by atoms with Crippen molar-refractivity contribution in [1.82, 2.24) is 9.80 Å². The minimum atomic E-state index is -0.409. The summed E-state index contributed by atoms with van der Waals surface area (Å²) in [6.45, 7) is 5.26. The molecule has 0 saturated heterocycles. The minimum Gasteiger partial charge on any atom is -0.465 e. The normalized spacial score (nSPS) is 10.4. The maximum Gasteiger partial charge on any atom is 0.325 e. The smallest absolute Gasteiger partial charge is 0.325 e. The number of rotatable bonds is 8. The Labute approximate surface area is 102 Å². The van der Waals surface area contributed by atoms with Crippen LogP contribution in [0.3, 0.4) is 0 Å². The van der Waals surface area contributed by atoms with E-state index < -0.39 is 5.97 Å². The average Bonchev–Trinajstić information content (AvgIpc) is 2.28. The van der Waals surface area contributed by atoms with E-state index in [1.54, 1.807) is 14.0 Å². The summed E-state index contributed by atoms with van der Waals surface area (Å²) in [5.74, 6) is -0.568. The molecule has 0 atom stereocenters. The zero-order valence-corrected chi connectivity index (χ0v) is 10.8. The Morgan fingerprint density at radius 2 is 1.88 bits per heavy atom. The molecule has 0 spiro atoms. The molecule has 0 aliphatic rings. The number of aliphatic hydroxyl groups excluding tert-OH is 1. The average molecular weight is 246 g/mol. The molecular weight excluding hydrogens is 224 g/mol. The fraction of sp³-hybridized carbons (Fsp3) is 0.818. The third kappa shape index (κ3) is 6.91. The van der Waals surface area contributed by atoms with E-state index in [0.717, 1.165) is 0 Å². The van der Waals surface area contributed by atoms with E-state index in [1.165, 1.54) is 4.90 Å². The van der Waals surface area contributed by atoms with Crippen molar-refractivity contribution in [2.45, 2.75) is 13.8 Å². The standard InChI is InChI=1S/C11H22N2O4/c1-4-13(6-7-14)8-10(15)12(3)9-11(16)17-5-2/h14H,4-9H2,1-3H3. The lowest BCUT2D eigenvalue weighted by Gasteiger charge is -2.22. The van der Waals surface area contributed by atoms with Gasteiger partial charge in [-0.05, 0) is 13.5 Å². The Morgan fingerprint density at radius 3 is 2.35 bits per heavy atom. The van der Waals surface area contributed by atoms with Gasteiger partial charge in [0, 0.05) is 13.6 Å². The molecule has 17 heavy (non-hydrogen) atoms. The molecule has 1 N–H and O–H groups in total. The van der Waals surface area contributed by atoms with Crippen LogP contribution < -0.4 is 0 Å². The first-order valence-corrected chi connectivity index (χ1v) is 5.77. The van der Waals surface area contributed by atoms with Crippen LogP contribution >= 0.6 is 0 Å². The van der Waals surface area contributed by atoms with Gasteiger partial charge in [0.2, 0.25) is 5.91 Å². The number of hydrogen-bond donors (Lipinski definition) is 1. The lowest BCUT2D eigenvalue weighted by atomic mass is 10.4. The summed E-state index contributed by atoms with van der Waals surface area (Å²) in [7, 11) is 1.56. The van der Waals surface area contributed by atoms with E-state index in [0.29, 0.717) is 19.7 Å². The number of esters is 1. The lowest BCUT2D eigenvalue weighted by molar-refractivity contribution is -0.148. The summed E-state index contributed by atoms with van der Waals surface area (Å²) < 4.78 is 4.76. The Hall–Kier alpha value is -1.14. The van der Waals surface area contributed by atoms with E-state index in [9.17, 15) is 9.59 Å². The number of hydrogen-bond acceptors (Lipinski definition) is 5. The third-order valence-electron chi connectivity index (χ3n) is 2.32. The predicted octanol–water partition coefficient (Wildman–Crippen LogP) is -0.678. The van der Waals surface area contributed by atoms with Crippen molar-refractivity contribution in [3.8, 4) is 0 Å². The first-order chi connectivity index (χ1) is 8.04. The molecule has 0 fully saturated rings. The largest absolute Gasteiger partial charge is 0.465 e. The SMILES string of the molecule is CCOC(=O)CN(C)C(=O)CN(CC)CCO. The van der Waals surface area contributed by atoms with Gasteiger partial charge in [0.25, 0.3) is 0 Å². The van der Waals surface area contributed by atoms with E-state index in [4.69, 9.17) is 9.84 Å². The molecule has 0 aromatic rings. The quantitative estimate of drug-likeness (QED) is 0.575. The van der Waals surface area contributed by atoms with Gasteiger partial charge in [0.05, 0.1) is 19.8 Å². The molecule has 0 rings (SSSR count). The third-order valence-corrected chi connectivity index (χ3v) is 2.32. The Bertz CT molecular complexity index is 246. The summed E-state index contributed by atoms with van der Waals surface area (Å²) in [4.78, 5) is 26.0. The zero-order chi connectivity index (χ0) is 13.3. The molecule has 0 bridgehead atoms. The predicted molar refractivity (Wildman–Crippen MR) is 63.5 cm³/mol. The van der Waals surface area contributed by atoms with Gasteiger partial charge in [-0.3, -0.25) is 14.5 Å². The van der Waals surface area contributed by atoms with Crippen molar-refractivity contribution in [2.75, 3.05) is 46.4 Å². The van der Waals surface area contributed by atoms with Crippen LogP contribution in [0.5, 0.6) is 0 Å². The Morgan fingerprint density at radius 1 is 1.24 bits per heavy atom. The van der Waals surface area contributed by atoms with Crippen molar-refractivity contribution in [2.24, 2.45) is 0 Å². The number of likely N-dealkylation sites (N-methyl/N-ethyl adjacent to an activating group) is 2. The molecule has 0 heterocycles. The van der Waals surface area contributed by atoms with Crippen LogP contribution in [-0.2, 0) is 14.3 Å². The maximum absolute atomic E-state index is 11.7. The molecule has 0 aromatic heterocycles. The van der Waals surface area contributed by atoms with Gasteiger partial charge in [-0.15, -0.1) is 0 Å². The van der Waals surface area contributed by atoms with Gasteiger partial charge < -0.3 is 14.7 Å². The second-order valence-electron chi connectivity index (χ2n) is 3.65. The second-order valence-corrected chi connectivity index (χ2v) is 3.65. The fourth-order valence-corrected chi connectivity index (χ4v) is 1.29. The summed E-state index contributed by atoms with van der Waals surface area (Å²) in [6, 6.07) is 0. The number of carbonyl (C=O) groups is 2. The number of ether oxygens (including phenoxy) is 1. The summed E-state index contributed by atoms with van der Waals surface area (Å²) in [5, 5.41) is 8.79. The van der Waals surface area contributed by atoms with Gasteiger partial charge in [-0.25, -0.2) is 0 Å². The summed E-state index contributed by atoms with van der Waals surface area (Å²) in [5.41, 5.74) is 0. The first kappa shape index (κ1) is 15.9. The van der Waals surface area contributed by atoms with Gasteiger partial charge in [-0.2, -0.15) is 0 Å². The summed E-state index contributed by atoms with van der Waals surface area (Å²) >= 11 is 0. The van der Waals surface area contributed by atoms with Crippen molar-refractivity contribution in [3.05, 3.63) is 0 Å². The van der Waals surface area contributed by atoms with Crippen LogP contribution in [0.15, 0.2) is 0 Å². The monoisotopic (exact) mass is 246 g/mol. The van der Waals surface area contributed by atoms with Crippen LogP contribution in [0.2, 0.25) is 0 Å². The van der Waals surface area contributed by atoms with Crippen molar-refractivity contribution in [3.63, 3.8) is 0 Å². The molecular formula is C11H22N2O4. The van der Waals surface area contributed by atoms with Gasteiger partial charge in [0.15, 0.2) is 0 Å². The molecule has 6 heteroatoms. The van der Waals surface area contributed by atoms with Crippen molar-refractivity contribution < 1.29 is 19.4 Å². The van der Waals surface area contributed by atoms with Crippen molar-refractivity contribution in [1.29, 1.82) is 0 Å². The number of nitrogens with zero attached hydrogens (tertiary/aromatic N) is 2. The van der Waals surface area contributed by atoms with Crippen LogP contribution in [0.4, 0.5) is 0 Å². The van der Waals surface area contributed by atoms with Gasteiger partial charge in [-0.1, -0.05) is 6.92 Å². The molecule has 100 valence electrons. The molecule has 0 unspecified atom stereocenters. The van der Waals surface area contributed by atoms with E-state index in [2.05, 4.69) is 0 Å². The second kappa shape index (κ2) is 8.95. The molecule has 0 aliphatic carbocycles. The van der Waals surface area contributed by atoms with E-state index in [1.807, 2.05) is 11.8 Å². The zero-order valence-electron chi connectivity index (χ0n) is 10.8. The summed E-state index contributed by atoms with van der Waals surface area (Å²) in [6.07, 6.45) is 0. The highest BCUT2D eigenvalue weighted by molar-refractivity contribution is 5.83. The molecule has 1 amide bonds. The van der Waals surface area contributed by atoms with E-state index >= 15 is 0 Å². The molecule has 0 saturated carbocycles. The highest BCUT2D eigenvalue weighted by Crippen LogP contribution is 1.93. The lowest BCUT2D eigenvalue weighted by Crippen LogP contribution is -2.41. The van der Waals surface area contributed by atoms with Gasteiger partial charge in [0.1, 0.15) is 6.54 Å². The number of carbonyl (C=O) groups excluding carboxylic acids is 2. The molecule has 0 aliphatic heterocycles. The maximum atomic E-state index is 11.7. The van der Waals surface area contributed by atoms with Crippen LogP contribution in [0.25, 0.3) is 0 Å². The highest BCUT2D eigenvalue weighted by Gasteiger charge is 2.16. The minimum absolute atomic E-state index is 0.0166. The van der Waals surface area contributed by atoms with Crippen LogP contribution in [0.1, 0.15) is 13.8 Å². The van der Waals surface area contributed by atoms with Crippen LogP contribution in [0, 0.1) is 0 Å². The molecule has 6 nitrogen and oxygen atoms in total. The molecule has 0 aromatic carbocycles. The van der Waals surface area contributed by atoms with E-state index in [-0.39, 0.29) is 25.6 Å². The Kier molecular flexibility index (Phi) is 8.35. The fourth-order valence-electron chi connectivity index (χ4n) is 1.29. The van der Waals surface area contributed by atoms with Crippen molar-refractivity contribution >= 4 is 11.9 Å². The highest BCUT2D eigenvalue weighted by atomic mass is 16.5. The topological polar surface area (TPSA) is 70.1 Å². The Balaban J connectivity index is 4.07. The molecule has 0 radical (unpaired) electrons. The van der Waals surface area contributed by atoms with Crippen LogP contribution in [-0.4, -0.2) is 73.2 Å². The number of amides is 1. The van der Waals surface area contributed by atoms with Gasteiger partial charge >= 0.3 is 5.97 Å².